The van der Waals surface area contributed by atoms with Gasteiger partial charge >= 0.3 is 0 Å². The van der Waals surface area contributed by atoms with Crippen LogP contribution in [0.5, 0.6) is 0 Å². The van der Waals surface area contributed by atoms with E-state index in [0.717, 1.165) is 34.8 Å². The van der Waals surface area contributed by atoms with Crippen molar-refractivity contribution in [3.63, 3.8) is 0 Å². The highest BCUT2D eigenvalue weighted by atomic mass is 15.3. The summed E-state index contributed by atoms with van der Waals surface area (Å²) >= 11 is 0. The molecule has 0 fully saturated rings. The molecule has 2 heterocycles. The Morgan fingerprint density at radius 2 is 2.19 bits per heavy atom. The Morgan fingerprint density at radius 1 is 1.44 bits per heavy atom. The molecule has 2 aromatic heterocycles. The minimum absolute atomic E-state index is 0.488. The summed E-state index contributed by atoms with van der Waals surface area (Å²) in [7, 11) is 0. The van der Waals surface area contributed by atoms with Crippen molar-refractivity contribution >= 4 is 0 Å². The van der Waals surface area contributed by atoms with Gasteiger partial charge in [-0.05, 0) is 20.8 Å². The van der Waals surface area contributed by atoms with Gasteiger partial charge in [-0.25, -0.2) is 0 Å². The third-order valence-corrected chi connectivity index (χ3v) is 2.87. The highest BCUT2D eigenvalue weighted by Crippen LogP contribution is 2.27. The van der Waals surface area contributed by atoms with Gasteiger partial charge in [-0.2, -0.15) is 10.2 Å². The largest absolute Gasteiger partial charge is 0.326 e. The Labute approximate surface area is 94.7 Å². The lowest BCUT2D eigenvalue weighted by Crippen LogP contribution is -2.00. The third-order valence-electron chi connectivity index (χ3n) is 2.87. The lowest BCUT2D eigenvalue weighted by Gasteiger charge is -2.02. The Bertz CT molecular complexity index is 494. The molecule has 5 nitrogen and oxygen atoms in total. The van der Waals surface area contributed by atoms with Gasteiger partial charge in [-0.15, -0.1) is 0 Å². The van der Waals surface area contributed by atoms with Crippen molar-refractivity contribution < 1.29 is 0 Å². The molecule has 3 N–H and O–H groups in total. The molecule has 16 heavy (non-hydrogen) atoms. The van der Waals surface area contributed by atoms with Gasteiger partial charge in [0.15, 0.2) is 0 Å². The zero-order valence-electron chi connectivity index (χ0n) is 9.91. The maximum Gasteiger partial charge on any atom is 0.0732 e. The normalized spacial score (nSPS) is 11.0. The number of aromatic amines is 1. The summed E-state index contributed by atoms with van der Waals surface area (Å²) in [4.78, 5) is 0. The minimum Gasteiger partial charge on any atom is -0.326 e. The van der Waals surface area contributed by atoms with Crippen molar-refractivity contribution in [1.29, 1.82) is 0 Å². The monoisotopic (exact) mass is 219 g/mol. The smallest absolute Gasteiger partial charge is 0.0732 e. The van der Waals surface area contributed by atoms with Crippen LogP contribution in [-0.2, 0) is 13.1 Å². The van der Waals surface area contributed by atoms with Crippen molar-refractivity contribution in [2.24, 2.45) is 5.73 Å². The number of hydrogen-bond acceptors (Lipinski definition) is 3. The van der Waals surface area contributed by atoms with Gasteiger partial charge in [-0.3, -0.25) is 9.78 Å². The first kappa shape index (κ1) is 10.9. The Hall–Kier alpha value is -1.62. The lowest BCUT2D eigenvalue weighted by molar-refractivity contribution is 0.634. The Balaban J connectivity index is 2.60. The molecule has 0 aliphatic carbocycles. The van der Waals surface area contributed by atoms with Crippen LogP contribution in [0.15, 0.2) is 6.20 Å². The van der Waals surface area contributed by atoms with Crippen LogP contribution >= 0.6 is 0 Å². The summed E-state index contributed by atoms with van der Waals surface area (Å²) in [5, 5.41) is 11.5. The molecule has 0 unspecified atom stereocenters. The minimum atomic E-state index is 0.488. The fourth-order valence-electron chi connectivity index (χ4n) is 2.05. The first-order chi connectivity index (χ1) is 7.69. The van der Waals surface area contributed by atoms with Crippen LogP contribution in [0.2, 0.25) is 0 Å². The molecule has 0 spiro atoms. The molecule has 0 aromatic carbocycles. The number of nitrogens with one attached hydrogen (secondary N) is 1. The lowest BCUT2D eigenvalue weighted by atomic mass is 10.1. The predicted octanol–water partition coefficient (Wildman–Crippen LogP) is 1.37. The van der Waals surface area contributed by atoms with Crippen LogP contribution < -0.4 is 5.73 Å². The molecular formula is C11H17N5. The number of hydrogen-bond donors (Lipinski definition) is 2. The van der Waals surface area contributed by atoms with Crippen LogP contribution in [-0.4, -0.2) is 20.0 Å². The van der Waals surface area contributed by atoms with E-state index in [9.17, 15) is 0 Å². The zero-order chi connectivity index (χ0) is 11.7. The molecule has 86 valence electrons. The number of aryl methyl sites for hydroxylation is 2. The van der Waals surface area contributed by atoms with Crippen LogP contribution in [0.25, 0.3) is 11.3 Å². The molecule has 0 radical (unpaired) electrons. The molecule has 0 atom stereocenters. The van der Waals surface area contributed by atoms with Gasteiger partial charge in [0.2, 0.25) is 0 Å². The summed E-state index contributed by atoms with van der Waals surface area (Å²) in [5.74, 6) is 0. The van der Waals surface area contributed by atoms with E-state index >= 15 is 0 Å². The van der Waals surface area contributed by atoms with Crippen LogP contribution in [0.3, 0.4) is 0 Å². The van der Waals surface area contributed by atoms with Crippen LogP contribution in [0, 0.1) is 13.8 Å². The summed E-state index contributed by atoms with van der Waals surface area (Å²) in [5.41, 5.74) is 11.0. The zero-order valence-corrected chi connectivity index (χ0v) is 9.91. The summed E-state index contributed by atoms with van der Waals surface area (Å²) in [6.45, 7) is 7.52. The van der Waals surface area contributed by atoms with Gasteiger partial charge in [0.25, 0.3) is 0 Å². The molecule has 0 saturated carbocycles. The summed E-state index contributed by atoms with van der Waals surface area (Å²) in [6, 6.07) is 0. The van der Waals surface area contributed by atoms with E-state index in [1.165, 1.54) is 0 Å². The van der Waals surface area contributed by atoms with E-state index < -0.39 is 0 Å². The number of rotatable bonds is 3. The van der Waals surface area contributed by atoms with E-state index in [0.29, 0.717) is 6.54 Å². The summed E-state index contributed by atoms with van der Waals surface area (Å²) < 4.78 is 1.99. The molecule has 0 amide bonds. The molecule has 5 heteroatoms. The van der Waals surface area contributed by atoms with Crippen molar-refractivity contribution in [1.82, 2.24) is 20.0 Å². The molecular weight excluding hydrogens is 202 g/mol. The van der Waals surface area contributed by atoms with Gasteiger partial charge in [-0.1, -0.05) is 0 Å². The van der Waals surface area contributed by atoms with Gasteiger partial charge in [0.1, 0.15) is 0 Å². The molecule has 2 rings (SSSR count). The number of aromatic nitrogens is 4. The van der Waals surface area contributed by atoms with Crippen LogP contribution in [0.1, 0.15) is 23.9 Å². The molecule has 0 saturated heterocycles. The molecule has 0 bridgehead atoms. The molecule has 2 aromatic rings. The maximum absolute atomic E-state index is 5.68. The van der Waals surface area contributed by atoms with Crippen molar-refractivity contribution in [3.8, 4) is 11.3 Å². The van der Waals surface area contributed by atoms with Gasteiger partial charge in [0, 0.05) is 29.9 Å². The SMILES string of the molecule is CCn1nc(C)c(-c2[nH]ncc2CN)c1C. The van der Waals surface area contributed by atoms with E-state index in [4.69, 9.17) is 5.73 Å². The van der Waals surface area contributed by atoms with Gasteiger partial charge in [0.05, 0.1) is 17.6 Å². The second-order valence-corrected chi connectivity index (χ2v) is 3.84. The van der Waals surface area contributed by atoms with E-state index in [-0.39, 0.29) is 0 Å². The van der Waals surface area contributed by atoms with Crippen molar-refractivity contribution in [2.75, 3.05) is 0 Å². The first-order valence-corrected chi connectivity index (χ1v) is 5.45. The highest BCUT2D eigenvalue weighted by molar-refractivity contribution is 5.67. The van der Waals surface area contributed by atoms with Crippen molar-refractivity contribution in [2.45, 2.75) is 33.9 Å². The number of nitrogens with zero attached hydrogens (tertiary/aromatic N) is 3. The Morgan fingerprint density at radius 3 is 2.75 bits per heavy atom. The third kappa shape index (κ3) is 1.53. The standard InChI is InChI=1S/C11H17N5/c1-4-16-8(3)10(7(2)15-16)11-9(5-12)6-13-14-11/h6H,4-5,12H2,1-3H3,(H,13,14). The van der Waals surface area contributed by atoms with E-state index in [1.54, 1.807) is 6.20 Å². The predicted molar refractivity (Wildman–Crippen MR) is 62.8 cm³/mol. The van der Waals surface area contributed by atoms with Crippen LogP contribution in [0.4, 0.5) is 0 Å². The quantitative estimate of drug-likeness (QED) is 0.818. The number of H-pyrrole nitrogens is 1. The fraction of sp³-hybridized carbons (Fsp3) is 0.455. The van der Waals surface area contributed by atoms with Crippen molar-refractivity contribution in [3.05, 3.63) is 23.1 Å². The Kier molecular flexibility index (Phi) is 2.78. The summed E-state index contributed by atoms with van der Waals surface area (Å²) in [6.07, 6.45) is 1.78. The van der Waals surface area contributed by atoms with Gasteiger partial charge < -0.3 is 5.73 Å². The highest BCUT2D eigenvalue weighted by Gasteiger charge is 2.16. The topological polar surface area (TPSA) is 72.5 Å². The number of nitrogens with two attached hydrogens (primary N) is 1. The second kappa shape index (κ2) is 4.09. The average molecular weight is 219 g/mol. The maximum atomic E-state index is 5.68. The van der Waals surface area contributed by atoms with E-state index in [1.807, 2.05) is 11.6 Å². The first-order valence-electron chi connectivity index (χ1n) is 5.45. The molecule has 0 aliphatic heterocycles. The second-order valence-electron chi connectivity index (χ2n) is 3.84. The molecule has 0 aliphatic rings. The average Bonchev–Trinajstić information content (AvgIpc) is 2.83. The van der Waals surface area contributed by atoms with E-state index in [2.05, 4.69) is 29.1 Å². The fourth-order valence-corrected chi connectivity index (χ4v) is 2.05.